The molecule has 7 heteroatoms. The summed E-state index contributed by atoms with van der Waals surface area (Å²) in [6.07, 6.45) is 5.16. The second-order valence-electron chi connectivity index (χ2n) is 4.10. The number of carboxylic acid groups (broad SMARTS) is 1. The van der Waals surface area contributed by atoms with Crippen molar-refractivity contribution in [2.24, 2.45) is 0 Å². The van der Waals surface area contributed by atoms with E-state index in [-0.39, 0.29) is 5.75 Å². The molecule has 100 valence electrons. The van der Waals surface area contributed by atoms with E-state index in [0.717, 1.165) is 17.1 Å². The fraction of sp³-hybridized carbons (Fsp3) is 0.333. The standard InChI is InChI=1S/C12H14N4O2S/c1-8-3-14-10(5-13-8)6-16-9(2)4-15-12(16)19-7-11(17)18/h3-5H,6-7H2,1-2H3,(H,17,18). The van der Waals surface area contributed by atoms with Gasteiger partial charge in [-0.15, -0.1) is 0 Å². The van der Waals surface area contributed by atoms with Crippen LogP contribution >= 0.6 is 11.8 Å². The topological polar surface area (TPSA) is 80.9 Å². The number of aromatic nitrogens is 4. The summed E-state index contributed by atoms with van der Waals surface area (Å²) < 4.78 is 1.94. The van der Waals surface area contributed by atoms with E-state index in [1.54, 1.807) is 18.6 Å². The van der Waals surface area contributed by atoms with Gasteiger partial charge in [0.05, 0.1) is 29.9 Å². The van der Waals surface area contributed by atoms with E-state index in [1.807, 2.05) is 18.4 Å². The minimum Gasteiger partial charge on any atom is -0.481 e. The van der Waals surface area contributed by atoms with Crippen LogP contribution in [0.15, 0.2) is 23.7 Å². The second kappa shape index (κ2) is 5.83. The molecule has 0 fully saturated rings. The number of carboxylic acids is 1. The Morgan fingerprint density at radius 3 is 2.68 bits per heavy atom. The van der Waals surface area contributed by atoms with Gasteiger partial charge in [0.1, 0.15) is 0 Å². The third-order valence-corrected chi connectivity index (χ3v) is 3.47. The maximum absolute atomic E-state index is 10.6. The number of imidazole rings is 1. The van der Waals surface area contributed by atoms with Crippen LogP contribution in [-0.4, -0.2) is 36.3 Å². The van der Waals surface area contributed by atoms with Crippen molar-refractivity contribution < 1.29 is 9.90 Å². The van der Waals surface area contributed by atoms with Crippen molar-refractivity contribution >= 4 is 17.7 Å². The van der Waals surface area contributed by atoms with Crippen molar-refractivity contribution in [3.8, 4) is 0 Å². The summed E-state index contributed by atoms with van der Waals surface area (Å²) in [5.74, 6) is -0.858. The smallest absolute Gasteiger partial charge is 0.313 e. The first-order valence-electron chi connectivity index (χ1n) is 5.70. The number of nitrogens with zero attached hydrogens (tertiary/aromatic N) is 4. The van der Waals surface area contributed by atoms with Crippen LogP contribution < -0.4 is 0 Å². The van der Waals surface area contributed by atoms with E-state index < -0.39 is 5.97 Å². The third kappa shape index (κ3) is 3.54. The Hall–Kier alpha value is -1.89. The Morgan fingerprint density at radius 1 is 1.26 bits per heavy atom. The molecule has 0 atom stereocenters. The number of carbonyl (C=O) groups is 1. The highest BCUT2D eigenvalue weighted by Gasteiger charge is 2.10. The summed E-state index contributed by atoms with van der Waals surface area (Å²) >= 11 is 1.20. The maximum atomic E-state index is 10.6. The molecule has 0 spiro atoms. The molecule has 2 aromatic rings. The molecule has 0 amide bonds. The fourth-order valence-electron chi connectivity index (χ4n) is 1.54. The average molecular weight is 278 g/mol. The molecule has 0 aliphatic carbocycles. The van der Waals surface area contributed by atoms with E-state index >= 15 is 0 Å². The van der Waals surface area contributed by atoms with E-state index in [4.69, 9.17) is 5.11 Å². The highest BCUT2D eigenvalue weighted by Crippen LogP contribution is 2.19. The molecule has 6 nitrogen and oxygen atoms in total. The van der Waals surface area contributed by atoms with Crippen molar-refractivity contribution in [1.29, 1.82) is 0 Å². The molecule has 0 saturated carbocycles. The number of hydrogen-bond donors (Lipinski definition) is 1. The fourth-order valence-corrected chi connectivity index (χ4v) is 2.28. The minimum atomic E-state index is -0.854. The second-order valence-corrected chi connectivity index (χ2v) is 5.04. The lowest BCUT2D eigenvalue weighted by molar-refractivity contribution is -0.133. The lowest BCUT2D eigenvalue weighted by Crippen LogP contribution is -2.07. The molecule has 0 aliphatic rings. The van der Waals surface area contributed by atoms with Gasteiger partial charge in [-0.25, -0.2) is 4.98 Å². The normalized spacial score (nSPS) is 10.6. The molecule has 19 heavy (non-hydrogen) atoms. The Morgan fingerprint density at radius 2 is 2.05 bits per heavy atom. The number of rotatable bonds is 5. The predicted octanol–water partition coefficient (Wildman–Crippen LogP) is 1.51. The van der Waals surface area contributed by atoms with Crippen LogP contribution in [0.3, 0.4) is 0 Å². The van der Waals surface area contributed by atoms with Crippen LogP contribution in [0.25, 0.3) is 0 Å². The van der Waals surface area contributed by atoms with Crippen molar-refractivity contribution in [3.63, 3.8) is 0 Å². The quantitative estimate of drug-likeness (QED) is 0.835. The average Bonchev–Trinajstić information content (AvgIpc) is 2.71. The number of hydrogen-bond acceptors (Lipinski definition) is 5. The van der Waals surface area contributed by atoms with Crippen molar-refractivity contribution in [2.75, 3.05) is 5.75 Å². The highest BCUT2D eigenvalue weighted by atomic mass is 32.2. The Labute approximate surface area is 114 Å². The lowest BCUT2D eigenvalue weighted by Gasteiger charge is -2.08. The molecular formula is C12H14N4O2S. The molecule has 0 aromatic carbocycles. The van der Waals surface area contributed by atoms with Gasteiger partial charge >= 0.3 is 5.97 Å². The Balaban J connectivity index is 2.16. The van der Waals surface area contributed by atoms with Gasteiger partial charge < -0.3 is 9.67 Å². The van der Waals surface area contributed by atoms with Crippen LogP contribution in [0.5, 0.6) is 0 Å². The van der Waals surface area contributed by atoms with Gasteiger partial charge in [0.25, 0.3) is 0 Å². The molecule has 0 radical (unpaired) electrons. The van der Waals surface area contributed by atoms with Gasteiger partial charge in [0.15, 0.2) is 5.16 Å². The van der Waals surface area contributed by atoms with Crippen LogP contribution in [0.2, 0.25) is 0 Å². The first-order valence-corrected chi connectivity index (χ1v) is 6.69. The van der Waals surface area contributed by atoms with Gasteiger partial charge in [-0.2, -0.15) is 0 Å². The summed E-state index contributed by atoms with van der Waals surface area (Å²) in [4.78, 5) is 23.3. The maximum Gasteiger partial charge on any atom is 0.313 e. The van der Waals surface area contributed by atoms with E-state index in [0.29, 0.717) is 11.7 Å². The zero-order valence-corrected chi connectivity index (χ0v) is 11.5. The monoisotopic (exact) mass is 278 g/mol. The first-order chi connectivity index (χ1) is 9.06. The molecule has 1 N–H and O–H groups in total. The predicted molar refractivity (Wildman–Crippen MR) is 71.2 cm³/mol. The highest BCUT2D eigenvalue weighted by molar-refractivity contribution is 7.99. The Bertz CT molecular complexity index is 580. The van der Waals surface area contributed by atoms with Gasteiger partial charge in [-0.05, 0) is 13.8 Å². The minimum absolute atomic E-state index is 0.00394. The summed E-state index contributed by atoms with van der Waals surface area (Å²) in [5.41, 5.74) is 2.66. The largest absolute Gasteiger partial charge is 0.481 e. The van der Waals surface area contributed by atoms with Crippen molar-refractivity contribution in [2.45, 2.75) is 25.5 Å². The number of thioether (sulfide) groups is 1. The zero-order chi connectivity index (χ0) is 13.8. The van der Waals surface area contributed by atoms with Crippen LogP contribution in [0.1, 0.15) is 17.1 Å². The van der Waals surface area contributed by atoms with Crippen LogP contribution in [0.4, 0.5) is 0 Å². The molecule has 2 heterocycles. The van der Waals surface area contributed by atoms with E-state index in [9.17, 15) is 4.79 Å². The number of aliphatic carboxylic acids is 1. The molecule has 0 saturated heterocycles. The van der Waals surface area contributed by atoms with E-state index in [1.165, 1.54) is 11.8 Å². The molecule has 0 aliphatic heterocycles. The molecule has 0 unspecified atom stereocenters. The van der Waals surface area contributed by atoms with Gasteiger partial charge in [-0.3, -0.25) is 14.8 Å². The SMILES string of the molecule is Cc1cnc(Cn2c(C)cnc2SCC(=O)O)cn1. The first kappa shape index (κ1) is 13.5. The molecule has 2 aromatic heterocycles. The molecule has 2 rings (SSSR count). The van der Waals surface area contributed by atoms with Gasteiger partial charge in [0.2, 0.25) is 0 Å². The summed E-state index contributed by atoms with van der Waals surface area (Å²) in [6, 6.07) is 0. The summed E-state index contributed by atoms with van der Waals surface area (Å²) in [7, 11) is 0. The number of aryl methyl sites for hydroxylation is 2. The van der Waals surface area contributed by atoms with E-state index in [2.05, 4.69) is 15.0 Å². The van der Waals surface area contributed by atoms with Crippen molar-refractivity contribution in [3.05, 3.63) is 35.7 Å². The van der Waals surface area contributed by atoms with Crippen LogP contribution in [-0.2, 0) is 11.3 Å². The molecule has 0 bridgehead atoms. The van der Waals surface area contributed by atoms with Crippen LogP contribution in [0, 0.1) is 13.8 Å². The van der Waals surface area contributed by atoms with Crippen molar-refractivity contribution in [1.82, 2.24) is 19.5 Å². The molecular weight excluding hydrogens is 264 g/mol. The Kier molecular flexibility index (Phi) is 4.16. The zero-order valence-electron chi connectivity index (χ0n) is 10.7. The summed E-state index contributed by atoms with van der Waals surface area (Å²) in [5, 5.41) is 9.40. The third-order valence-electron chi connectivity index (χ3n) is 2.50. The van der Waals surface area contributed by atoms with Gasteiger partial charge in [-0.1, -0.05) is 11.8 Å². The lowest BCUT2D eigenvalue weighted by atomic mass is 10.4. The summed E-state index contributed by atoms with van der Waals surface area (Å²) in [6.45, 7) is 4.36. The van der Waals surface area contributed by atoms with Gasteiger partial charge in [0, 0.05) is 18.1 Å².